The van der Waals surface area contributed by atoms with Gasteiger partial charge in [0.1, 0.15) is 0 Å². The maximum Gasteiger partial charge on any atom is 0.0110 e. The molecule has 0 radical (unpaired) electrons. The number of piperidine rings is 2. The highest BCUT2D eigenvalue weighted by Gasteiger charge is 2.36. The maximum absolute atomic E-state index is 3.91. The molecular formula is C18H26N2S. The molecule has 1 aromatic rings. The molecule has 0 aliphatic carbocycles. The lowest BCUT2D eigenvalue weighted by atomic mass is 9.82. The Bertz CT molecular complexity index is 490. The minimum Gasteiger partial charge on any atom is -0.313 e. The van der Waals surface area contributed by atoms with Crippen molar-refractivity contribution >= 4 is 11.8 Å². The van der Waals surface area contributed by atoms with Gasteiger partial charge >= 0.3 is 0 Å². The van der Waals surface area contributed by atoms with E-state index in [1.54, 1.807) is 5.56 Å². The van der Waals surface area contributed by atoms with Crippen LogP contribution in [0.2, 0.25) is 0 Å². The van der Waals surface area contributed by atoms with E-state index in [9.17, 15) is 0 Å². The molecule has 3 heteroatoms. The van der Waals surface area contributed by atoms with Crippen LogP contribution in [0.3, 0.4) is 0 Å². The molecule has 2 nitrogen and oxygen atoms in total. The third kappa shape index (κ3) is 2.76. The van der Waals surface area contributed by atoms with Crippen LogP contribution < -0.4 is 5.32 Å². The number of hydrogen-bond acceptors (Lipinski definition) is 3. The molecule has 0 saturated carbocycles. The summed E-state index contributed by atoms with van der Waals surface area (Å²) in [4.78, 5) is 4.16. The first kappa shape index (κ1) is 14.1. The zero-order valence-corrected chi connectivity index (χ0v) is 13.7. The van der Waals surface area contributed by atoms with Gasteiger partial charge in [0.2, 0.25) is 0 Å². The molecule has 21 heavy (non-hydrogen) atoms. The molecule has 1 N–H and O–H groups in total. The monoisotopic (exact) mass is 302 g/mol. The van der Waals surface area contributed by atoms with Crippen molar-refractivity contribution in [2.75, 3.05) is 19.3 Å². The van der Waals surface area contributed by atoms with Crippen LogP contribution in [0, 0.1) is 0 Å². The minimum absolute atomic E-state index is 0.714. The molecule has 1 aromatic carbocycles. The molecule has 4 rings (SSSR count). The predicted molar refractivity (Wildman–Crippen MR) is 90.1 cm³/mol. The van der Waals surface area contributed by atoms with Gasteiger partial charge in [-0.3, -0.25) is 0 Å². The number of benzene rings is 1. The molecule has 0 spiro atoms. The van der Waals surface area contributed by atoms with Crippen LogP contribution in [-0.2, 0) is 0 Å². The summed E-state index contributed by atoms with van der Waals surface area (Å²) in [6, 6.07) is 11.4. The van der Waals surface area contributed by atoms with Crippen molar-refractivity contribution in [3.8, 4) is 0 Å². The smallest absolute Gasteiger partial charge is 0.0110 e. The second-order valence-corrected chi connectivity index (χ2v) is 8.09. The van der Waals surface area contributed by atoms with E-state index in [2.05, 4.69) is 41.5 Å². The Morgan fingerprint density at radius 2 is 1.95 bits per heavy atom. The molecule has 114 valence electrons. The van der Waals surface area contributed by atoms with Crippen LogP contribution in [0.25, 0.3) is 0 Å². The van der Waals surface area contributed by atoms with E-state index in [1.165, 1.54) is 42.8 Å². The lowest BCUT2D eigenvalue weighted by Gasteiger charge is -2.47. The highest BCUT2D eigenvalue weighted by atomic mass is 32.2. The number of rotatable bonds is 3. The van der Waals surface area contributed by atoms with Gasteiger partial charge < -0.3 is 10.2 Å². The molecule has 3 aliphatic rings. The van der Waals surface area contributed by atoms with E-state index >= 15 is 0 Å². The number of nitrogens with zero attached hydrogens (tertiary/aromatic N) is 1. The van der Waals surface area contributed by atoms with Gasteiger partial charge in [0.05, 0.1) is 0 Å². The zero-order valence-electron chi connectivity index (χ0n) is 12.9. The summed E-state index contributed by atoms with van der Waals surface area (Å²) in [6.07, 6.45) is 6.97. The summed E-state index contributed by atoms with van der Waals surface area (Å²) in [5.41, 5.74) is 1.57. The van der Waals surface area contributed by atoms with Crippen molar-refractivity contribution < 1.29 is 0 Å². The third-order valence-corrected chi connectivity index (χ3v) is 7.04. The van der Waals surface area contributed by atoms with Gasteiger partial charge in [-0.15, -0.1) is 11.8 Å². The average molecular weight is 302 g/mol. The SMILES string of the molecule is CN1C2CCCC1CC(NCC1CSc3ccccc31)C2. The Balaban J connectivity index is 1.36. The molecule has 3 unspecified atom stereocenters. The third-order valence-electron chi connectivity index (χ3n) is 5.79. The van der Waals surface area contributed by atoms with Gasteiger partial charge in [0.15, 0.2) is 0 Å². The summed E-state index contributed by atoms with van der Waals surface area (Å²) in [5, 5.41) is 3.91. The van der Waals surface area contributed by atoms with Crippen molar-refractivity contribution in [3.05, 3.63) is 29.8 Å². The standard InChI is InChI=1S/C18H26N2S/c1-20-15-5-4-6-16(20)10-14(9-15)19-11-13-12-21-18-8-3-2-7-17(13)18/h2-3,7-8,13-16,19H,4-6,9-12H2,1H3. The Labute approximate surface area is 132 Å². The topological polar surface area (TPSA) is 15.3 Å². The Kier molecular flexibility index (Phi) is 3.99. The number of nitrogens with one attached hydrogen (secondary N) is 1. The van der Waals surface area contributed by atoms with E-state index in [0.29, 0.717) is 5.92 Å². The molecule has 3 aliphatic heterocycles. The van der Waals surface area contributed by atoms with E-state index in [0.717, 1.165) is 24.7 Å². The number of fused-ring (bicyclic) bond motifs is 3. The van der Waals surface area contributed by atoms with Crippen LogP contribution in [0.4, 0.5) is 0 Å². The van der Waals surface area contributed by atoms with Gasteiger partial charge in [-0.2, -0.15) is 0 Å². The average Bonchev–Trinajstić information content (AvgIpc) is 2.89. The van der Waals surface area contributed by atoms with Crippen LogP contribution in [-0.4, -0.2) is 42.4 Å². The summed E-state index contributed by atoms with van der Waals surface area (Å²) < 4.78 is 0. The first-order valence-electron chi connectivity index (χ1n) is 8.48. The summed E-state index contributed by atoms with van der Waals surface area (Å²) in [6.45, 7) is 1.16. The Morgan fingerprint density at radius 1 is 1.19 bits per heavy atom. The molecule has 0 amide bonds. The molecular weight excluding hydrogens is 276 g/mol. The van der Waals surface area contributed by atoms with Crippen molar-refractivity contribution in [1.29, 1.82) is 0 Å². The fraction of sp³-hybridized carbons (Fsp3) is 0.667. The van der Waals surface area contributed by atoms with Gasteiger partial charge in [-0.05, 0) is 44.4 Å². The number of thioether (sulfide) groups is 1. The van der Waals surface area contributed by atoms with E-state index in [-0.39, 0.29) is 0 Å². The summed E-state index contributed by atoms with van der Waals surface area (Å²) >= 11 is 2.03. The molecule has 2 bridgehead atoms. The fourth-order valence-electron chi connectivity index (χ4n) is 4.49. The van der Waals surface area contributed by atoms with Gasteiger partial charge in [-0.25, -0.2) is 0 Å². The zero-order chi connectivity index (χ0) is 14.2. The largest absolute Gasteiger partial charge is 0.313 e. The molecule has 2 saturated heterocycles. The molecule has 3 heterocycles. The Hall–Kier alpha value is -0.510. The Morgan fingerprint density at radius 3 is 2.76 bits per heavy atom. The van der Waals surface area contributed by atoms with Gasteiger partial charge in [0, 0.05) is 41.2 Å². The predicted octanol–water partition coefficient (Wildman–Crippen LogP) is 3.48. The number of hydrogen-bond donors (Lipinski definition) is 1. The van der Waals surface area contributed by atoms with Crippen molar-refractivity contribution in [2.45, 2.75) is 61.0 Å². The highest BCUT2D eigenvalue weighted by Crippen LogP contribution is 2.39. The van der Waals surface area contributed by atoms with Crippen molar-refractivity contribution in [3.63, 3.8) is 0 Å². The second-order valence-electron chi connectivity index (χ2n) is 7.03. The summed E-state index contributed by atoms with van der Waals surface area (Å²) in [5.74, 6) is 1.97. The maximum atomic E-state index is 3.91. The van der Waals surface area contributed by atoms with Crippen LogP contribution in [0.1, 0.15) is 43.6 Å². The van der Waals surface area contributed by atoms with Crippen LogP contribution in [0.5, 0.6) is 0 Å². The second kappa shape index (κ2) is 5.94. The fourth-order valence-corrected chi connectivity index (χ4v) is 5.74. The lowest BCUT2D eigenvalue weighted by Crippen LogP contribution is -2.54. The van der Waals surface area contributed by atoms with E-state index < -0.39 is 0 Å². The first-order chi connectivity index (χ1) is 10.3. The molecule has 3 atom stereocenters. The van der Waals surface area contributed by atoms with Crippen LogP contribution >= 0.6 is 11.8 Å². The lowest BCUT2D eigenvalue weighted by molar-refractivity contribution is 0.0485. The normalized spacial score (nSPS) is 35.7. The van der Waals surface area contributed by atoms with E-state index in [4.69, 9.17) is 0 Å². The minimum atomic E-state index is 0.714. The first-order valence-corrected chi connectivity index (χ1v) is 9.47. The quantitative estimate of drug-likeness (QED) is 0.920. The van der Waals surface area contributed by atoms with Crippen molar-refractivity contribution in [1.82, 2.24) is 10.2 Å². The van der Waals surface area contributed by atoms with Gasteiger partial charge in [-0.1, -0.05) is 24.6 Å². The van der Waals surface area contributed by atoms with E-state index in [1.807, 2.05) is 11.8 Å². The molecule has 2 fully saturated rings. The highest BCUT2D eigenvalue weighted by molar-refractivity contribution is 7.99. The van der Waals surface area contributed by atoms with Gasteiger partial charge in [0.25, 0.3) is 0 Å². The molecule has 0 aromatic heterocycles. The van der Waals surface area contributed by atoms with Crippen molar-refractivity contribution in [2.24, 2.45) is 0 Å². The summed E-state index contributed by atoms with van der Waals surface area (Å²) in [7, 11) is 2.34. The van der Waals surface area contributed by atoms with Crippen LogP contribution in [0.15, 0.2) is 29.2 Å².